The summed E-state index contributed by atoms with van der Waals surface area (Å²) in [5, 5.41) is 4.69. The van der Waals surface area contributed by atoms with E-state index in [9.17, 15) is 0 Å². The molecule has 0 aromatic heterocycles. The van der Waals surface area contributed by atoms with Gasteiger partial charge in [0.25, 0.3) is 0 Å². The van der Waals surface area contributed by atoms with Crippen LogP contribution in [-0.4, -0.2) is 24.1 Å². The smallest absolute Gasteiger partial charge is 0.00777 e. The van der Waals surface area contributed by atoms with Crippen LogP contribution in [0.15, 0.2) is 0 Å². The van der Waals surface area contributed by atoms with E-state index < -0.39 is 0 Å². The van der Waals surface area contributed by atoms with Gasteiger partial charge in [0.1, 0.15) is 0 Å². The maximum absolute atomic E-state index is 3.77. The molecular formula is C13H27NS. The summed E-state index contributed by atoms with van der Waals surface area (Å²) in [6, 6.07) is 0.803. The van der Waals surface area contributed by atoms with Crippen LogP contribution in [0.3, 0.4) is 0 Å². The molecule has 0 aliphatic heterocycles. The normalized spacial score (nSPS) is 27.2. The Balaban J connectivity index is 2.20. The molecule has 1 aliphatic carbocycles. The molecule has 0 saturated heterocycles. The fourth-order valence-electron chi connectivity index (χ4n) is 2.46. The second kappa shape index (κ2) is 7.56. The summed E-state index contributed by atoms with van der Waals surface area (Å²) in [4.78, 5) is 0. The molecule has 1 nitrogen and oxygen atoms in total. The van der Waals surface area contributed by atoms with Crippen molar-refractivity contribution in [2.75, 3.05) is 12.8 Å². The highest BCUT2D eigenvalue weighted by molar-refractivity contribution is 7.99. The summed E-state index contributed by atoms with van der Waals surface area (Å²) in [6.07, 6.45) is 10.5. The fourth-order valence-corrected chi connectivity index (χ4v) is 3.28. The fraction of sp³-hybridized carbons (Fsp3) is 1.00. The van der Waals surface area contributed by atoms with Gasteiger partial charge in [-0.15, -0.1) is 0 Å². The molecule has 2 unspecified atom stereocenters. The van der Waals surface area contributed by atoms with Crippen LogP contribution in [0.4, 0.5) is 0 Å². The van der Waals surface area contributed by atoms with E-state index in [1.807, 2.05) is 0 Å². The van der Waals surface area contributed by atoms with E-state index in [0.717, 1.165) is 17.2 Å². The molecular weight excluding hydrogens is 202 g/mol. The van der Waals surface area contributed by atoms with Crippen LogP contribution in [0.5, 0.6) is 0 Å². The summed E-state index contributed by atoms with van der Waals surface area (Å²) in [5.41, 5.74) is 0. The van der Waals surface area contributed by atoms with E-state index in [1.54, 1.807) is 0 Å². The molecule has 15 heavy (non-hydrogen) atoms. The van der Waals surface area contributed by atoms with Crippen molar-refractivity contribution >= 4 is 11.8 Å². The highest BCUT2D eigenvalue weighted by atomic mass is 32.2. The Morgan fingerprint density at radius 3 is 2.60 bits per heavy atom. The van der Waals surface area contributed by atoms with Crippen molar-refractivity contribution in [2.45, 2.75) is 63.7 Å². The second-order valence-electron chi connectivity index (χ2n) is 4.81. The van der Waals surface area contributed by atoms with Crippen molar-refractivity contribution in [2.24, 2.45) is 5.92 Å². The summed E-state index contributed by atoms with van der Waals surface area (Å²) in [7, 11) is 0. The van der Waals surface area contributed by atoms with Crippen LogP contribution < -0.4 is 5.32 Å². The lowest BCUT2D eigenvalue weighted by molar-refractivity contribution is 0.344. The number of rotatable bonds is 6. The van der Waals surface area contributed by atoms with E-state index in [4.69, 9.17) is 0 Å². The first-order valence-electron chi connectivity index (χ1n) is 6.56. The maximum Gasteiger partial charge on any atom is 0.00777 e. The van der Waals surface area contributed by atoms with E-state index in [-0.39, 0.29) is 0 Å². The van der Waals surface area contributed by atoms with Gasteiger partial charge in [-0.05, 0) is 38.0 Å². The number of hydrogen-bond acceptors (Lipinski definition) is 2. The summed E-state index contributed by atoms with van der Waals surface area (Å²) < 4.78 is 0. The van der Waals surface area contributed by atoms with E-state index in [2.05, 4.69) is 37.2 Å². The van der Waals surface area contributed by atoms with E-state index in [1.165, 1.54) is 45.1 Å². The molecule has 0 bridgehead atoms. The third kappa shape index (κ3) is 4.78. The third-order valence-corrected chi connectivity index (χ3v) is 4.90. The van der Waals surface area contributed by atoms with Crippen LogP contribution in [-0.2, 0) is 0 Å². The Morgan fingerprint density at radius 2 is 2.00 bits per heavy atom. The van der Waals surface area contributed by atoms with Gasteiger partial charge in [0.2, 0.25) is 0 Å². The quantitative estimate of drug-likeness (QED) is 0.745. The zero-order valence-corrected chi connectivity index (χ0v) is 11.4. The monoisotopic (exact) mass is 229 g/mol. The Bertz CT molecular complexity index is 157. The molecule has 0 aromatic carbocycles. The third-order valence-electron chi connectivity index (χ3n) is 3.81. The zero-order valence-electron chi connectivity index (χ0n) is 10.6. The van der Waals surface area contributed by atoms with Gasteiger partial charge in [-0.3, -0.25) is 0 Å². The van der Waals surface area contributed by atoms with Crippen LogP contribution in [0.1, 0.15) is 52.4 Å². The van der Waals surface area contributed by atoms with Gasteiger partial charge < -0.3 is 5.32 Å². The summed E-state index contributed by atoms with van der Waals surface area (Å²) >= 11 is 2.06. The van der Waals surface area contributed by atoms with Gasteiger partial charge in [-0.25, -0.2) is 0 Å². The van der Waals surface area contributed by atoms with Crippen LogP contribution in [0, 0.1) is 5.92 Å². The minimum Gasteiger partial charge on any atom is -0.314 e. The molecule has 1 aliphatic rings. The predicted octanol–water partition coefficient (Wildman–Crippen LogP) is 3.69. The molecule has 1 saturated carbocycles. The van der Waals surface area contributed by atoms with Crippen molar-refractivity contribution < 1.29 is 0 Å². The minimum absolute atomic E-state index is 0.803. The largest absolute Gasteiger partial charge is 0.314 e. The van der Waals surface area contributed by atoms with Gasteiger partial charge in [0, 0.05) is 11.3 Å². The number of hydrogen-bond donors (Lipinski definition) is 1. The van der Waals surface area contributed by atoms with Gasteiger partial charge in [-0.1, -0.05) is 33.1 Å². The van der Waals surface area contributed by atoms with Crippen molar-refractivity contribution in [3.05, 3.63) is 0 Å². The Kier molecular flexibility index (Phi) is 6.74. The first-order valence-corrected chi connectivity index (χ1v) is 7.85. The lowest BCUT2D eigenvalue weighted by Crippen LogP contribution is -2.37. The second-order valence-corrected chi connectivity index (χ2v) is 5.95. The Hall–Kier alpha value is 0.310. The van der Waals surface area contributed by atoms with Gasteiger partial charge >= 0.3 is 0 Å². The highest BCUT2D eigenvalue weighted by Crippen LogP contribution is 2.27. The first kappa shape index (κ1) is 13.4. The van der Waals surface area contributed by atoms with Gasteiger partial charge in [0.05, 0.1) is 0 Å². The predicted molar refractivity (Wildman–Crippen MR) is 71.6 cm³/mol. The minimum atomic E-state index is 0.803. The number of nitrogens with one attached hydrogen (secondary N) is 1. The molecule has 0 aromatic rings. The van der Waals surface area contributed by atoms with Crippen LogP contribution >= 0.6 is 11.8 Å². The lowest BCUT2D eigenvalue weighted by atomic mass is 9.94. The molecule has 2 heteroatoms. The van der Waals surface area contributed by atoms with Crippen LogP contribution in [0.25, 0.3) is 0 Å². The van der Waals surface area contributed by atoms with Crippen molar-refractivity contribution in [1.82, 2.24) is 5.32 Å². The van der Waals surface area contributed by atoms with Crippen molar-refractivity contribution in [3.63, 3.8) is 0 Å². The van der Waals surface area contributed by atoms with E-state index in [0.29, 0.717) is 0 Å². The Morgan fingerprint density at radius 1 is 1.27 bits per heavy atom. The average molecular weight is 229 g/mol. The van der Waals surface area contributed by atoms with Crippen molar-refractivity contribution in [1.29, 1.82) is 0 Å². The molecule has 1 fully saturated rings. The SMILES string of the molecule is CCC(CC)CNC1CCCC(SC)C1. The average Bonchev–Trinajstić information content (AvgIpc) is 2.31. The molecule has 0 radical (unpaired) electrons. The first-order chi connectivity index (χ1) is 7.30. The summed E-state index contributed by atoms with van der Waals surface area (Å²) in [6.45, 7) is 5.85. The van der Waals surface area contributed by atoms with Crippen molar-refractivity contribution in [3.8, 4) is 0 Å². The molecule has 1 rings (SSSR count). The summed E-state index contributed by atoms with van der Waals surface area (Å²) in [5.74, 6) is 0.889. The molecule has 90 valence electrons. The Labute approximate surface area is 99.8 Å². The van der Waals surface area contributed by atoms with Crippen LogP contribution in [0.2, 0.25) is 0 Å². The van der Waals surface area contributed by atoms with Gasteiger partial charge in [0.15, 0.2) is 0 Å². The molecule has 0 spiro atoms. The lowest BCUT2D eigenvalue weighted by Gasteiger charge is -2.30. The van der Waals surface area contributed by atoms with Gasteiger partial charge in [-0.2, -0.15) is 11.8 Å². The molecule has 0 amide bonds. The number of thioether (sulfide) groups is 1. The standard InChI is InChI=1S/C13H27NS/c1-4-11(5-2)10-14-12-7-6-8-13(9-12)15-3/h11-14H,4-10H2,1-3H3. The molecule has 1 N–H and O–H groups in total. The molecule has 2 atom stereocenters. The highest BCUT2D eigenvalue weighted by Gasteiger charge is 2.21. The maximum atomic E-state index is 3.77. The zero-order chi connectivity index (χ0) is 11.1. The topological polar surface area (TPSA) is 12.0 Å². The van der Waals surface area contributed by atoms with E-state index >= 15 is 0 Å². The molecule has 0 heterocycles.